The number of aromatic nitrogens is 1. The maximum absolute atomic E-state index is 13.7. The van der Waals surface area contributed by atoms with Crippen molar-refractivity contribution in [3.05, 3.63) is 86.8 Å². The van der Waals surface area contributed by atoms with Gasteiger partial charge in [0.05, 0.1) is 30.8 Å². The monoisotopic (exact) mass is 746 g/mol. The first-order chi connectivity index (χ1) is 22.9. The summed E-state index contributed by atoms with van der Waals surface area (Å²) in [6, 6.07) is 9.84. The number of thioether (sulfide) groups is 1. The smallest absolute Gasteiger partial charge is 0.387 e. The molecule has 2 aliphatic rings. The topological polar surface area (TPSA) is 135 Å². The number of halogens is 4. The third kappa shape index (κ3) is 8.43. The van der Waals surface area contributed by atoms with Gasteiger partial charge in [-0.2, -0.15) is 17.8 Å². The summed E-state index contributed by atoms with van der Waals surface area (Å²) < 4.78 is 76.1. The fourth-order valence-electron chi connectivity index (χ4n) is 5.06. The van der Waals surface area contributed by atoms with Crippen molar-refractivity contribution in [2.45, 2.75) is 42.1 Å². The van der Waals surface area contributed by atoms with E-state index in [0.29, 0.717) is 28.4 Å². The van der Waals surface area contributed by atoms with Crippen molar-refractivity contribution in [3.8, 4) is 11.5 Å². The highest BCUT2D eigenvalue weighted by atomic mass is 35.5. The van der Waals surface area contributed by atoms with E-state index in [-0.39, 0.29) is 57.3 Å². The van der Waals surface area contributed by atoms with Crippen molar-refractivity contribution >= 4 is 56.9 Å². The van der Waals surface area contributed by atoms with Crippen LogP contribution in [0.1, 0.15) is 40.2 Å². The number of nitrogens with zero attached hydrogens (tertiary/aromatic N) is 2. The van der Waals surface area contributed by atoms with Crippen LogP contribution in [0, 0.1) is 11.1 Å². The molecule has 2 atom stereocenters. The molecule has 2 fully saturated rings. The number of benzene rings is 2. The van der Waals surface area contributed by atoms with Crippen molar-refractivity contribution in [3.63, 3.8) is 0 Å². The van der Waals surface area contributed by atoms with Crippen LogP contribution in [-0.4, -0.2) is 69.3 Å². The maximum atomic E-state index is 13.7. The second-order valence-corrected chi connectivity index (χ2v) is 14.9. The number of esters is 2. The highest BCUT2D eigenvalue weighted by Crippen LogP contribution is 2.38. The fourth-order valence-corrected chi connectivity index (χ4v) is 8.90. The van der Waals surface area contributed by atoms with Crippen molar-refractivity contribution in [1.29, 1.82) is 0 Å². The van der Waals surface area contributed by atoms with Crippen LogP contribution in [0.15, 0.2) is 59.8 Å². The predicted molar refractivity (Wildman–Crippen MR) is 172 cm³/mol. The molecule has 11 nitrogen and oxygen atoms in total. The van der Waals surface area contributed by atoms with E-state index >= 15 is 0 Å². The van der Waals surface area contributed by atoms with Crippen LogP contribution < -0.4 is 14.2 Å². The fraction of sp³-hybridized carbons (Fsp3) is 0.387. The Morgan fingerprint density at radius 3 is 2.48 bits per heavy atom. The standard InChI is InChI=1S/C31H30Cl2F2N2O9S2/c1-43-29(38)21-4-2-3-5-27(21)48(41,42)37-10-11-47-28(37)30(39)45-17-20(12-22-23(32)14-36(40)15-24(22)33)19-8-9-25(46-31(34)35)26(13-19)44-16-18-6-7-18/h2-5,8-9,13-15,18,20,28,31H,6-7,10-12,16-17H2,1H3/t20-,28+/m1/s1. The van der Waals surface area contributed by atoms with Crippen LogP contribution in [0.25, 0.3) is 0 Å². The van der Waals surface area contributed by atoms with Crippen LogP contribution in [-0.2, 0) is 30.7 Å². The number of pyridine rings is 1. The summed E-state index contributed by atoms with van der Waals surface area (Å²) >= 11 is 13.8. The Hall–Kier alpha value is -3.37. The van der Waals surface area contributed by atoms with Gasteiger partial charge in [0.1, 0.15) is 10.0 Å². The number of ether oxygens (including phenoxy) is 4. The quantitative estimate of drug-likeness (QED) is 0.119. The summed E-state index contributed by atoms with van der Waals surface area (Å²) in [6.07, 6.45) is 4.16. The van der Waals surface area contributed by atoms with Gasteiger partial charge < -0.3 is 24.2 Å². The van der Waals surface area contributed by atoms with E-state index in [1.165, 1.54) is 42.5 Å². The molecule has 1 saturated heterocycles. The van der Waals surface area contributed by atoms with Crippen LogP contribution in [0.3, 0.4) is 0 Å². The molecule has 0 N–H and O–H groups in total. The zero-order valence-electron chi connectivity index (χ0n) is 25.4. The van der Waals surface area contributed by atoms with Crippen LogP contribution in [0.5, 0.6) is 11.5 Å². The number of rotatable bonds is 14. The minimum absolute atomic E-state index is 0.0244. The minimum atomic E-state index is -4.35. The first-order valence-electron chi connectivity index (χ1n) is 14.6. The average molecular weight is 748 g/mol. The molecule has 0 unspecified atom stereocenters. The summed E-state index contributed by atoms with van der Waals surface area (Å²) in [5, 5.41) is 10.7. The van der Waals surface area contributed by atoms with E-state index in [9.17, 15) is 32.0 Å². The van der Waals surface area contributed by atoms with Crippen molar-refractivity contribution in [1.82, 2.24) is 4.31 Å². The SMILES string of the molecule is COC(=O)c1ccccc1S(=O)(=O)N1CCS[C@H]1C(=O)OC[C@@H](Cc1c(Cl)c[n+]([O-])cc1Cl)c1ccc(OC(F)F)c(OCC2CC2)c1. The zero-order chi connectivity index (χ0) is 34.6. The Kier molecular flexibility index (Phi) is 11.6. The molecule has 0 amide bonds. The van der Waals surface area contributed by atoms with Crippen LogP contribution >= 0.6 is 35.0 Å². The number of alkyl halides is 2. The van der Waals surface area contributed by atoms with Crippen LogP contribution in [0.4, 0.5) is 8.78 Å². The van der Waals surface area contributed by atoms with E-state index in [1.807, 2.05) is 0 Å². The summed E-state index contributed by atoms with van der Waals surface area (Å²) in [5.74, 6) is -1.97. The molecule has 1 saturated carbocycles. The second-order valence-electron chi connectivity index (χ2n) is 11.0. The molecule has 2 heterocycles. The highest BCUT2D eigenvalue weighted by Gasteiger charge is 2.43. The maximum Gasteiger partial charge on any atom is 0.387 e. The van der Waals surface area contributed by atoms with Gasteiger partial charge >= 0.3 is 18.6 Å². The largest absolute Gasteiger partial charge is 0.619 e. The normalized spacial score (nSPS) is 17.2. The molecular weight excluding hydrogens is 717 g/mol. The van der Waals surface area contributed by atoms with E-state index in [0.717, 1.165) is 48.4 Å². The third-order valence-corrected chi connectivity index (χ3v) is 11.6. The van der Waals surface area contributed by atoms with Crippen LogP contribution in [0.2, 0.25) is 10.0 Å². The number of sulfonamides is 1. The molecule has 0 spiro atoms. The lowest BCUT2D eigenvalue weighted by Gasteiger charge is -2.25. The summed E-state index contributed by atoms with van der Waals surface area (Å²) in [6.45, 7) is -3.15. The number of hydrogen-bond acceptors (Lipinski definition) is 10. The highest BCUT2D eigenvalue weighted by molar-refractivity contribution is 8.02. The number of methoxy groups -OCH3 is 1. The van der Waals surface area contributed by atoms with Gasteiger partial charge in [-0.3, -0.25) is 0 Å². The molecule has 48 heavy (non-hydrogen) atoms. The van der Waals surface area contributed by atoms with Gasteiger partial charge in [0.2, 0.25) is 10.0 Å². The van der Waals surface area contributed by atoms with Crippen molar-refractivity contribution in [2.24, 2.45) is 5.92 Å². The Morgan fingerprint density at radius 2 is 1.81 bits per heavy atom. The van der Waals surface area contributed by atoms with Crippen molar-refractivity contribution < 1.29 is 50.5 Å². The number of carbonyl (C=O) groups is 2. The van der Waals surface area contributed by atoms with E-state index in [2.05, 4.69) is 4.74 Å². The van der Waals surface area contributed by atoms with E-state index in [4.69, 9.17) is 37.4 Å². The Bertz CT molecular complexity index is 1760. The number of carbonyl (C=O) groups excluding carboxylic acids is 2. The molecule has 17 heteroatoms. The second kappa shape index (κ2) is 15.5. The summed E-state index contributed by atoms with van der Waals surface area (Å²) in [7, 11) is -3.22. The van der Waals surface area contributed by atoms with Gasteiger partial charge in [0, 0.05) is 23.8 Å². The molecule has 258 valence electrons. The molecular formula is C31H30Cl2F2N2O9S2. The molecule has 0 bridgehead atoms. The van der Waals surface area contributed by atoms with Gasteiger partial charge in [0.25, 0.3) is 0 Å². The first kappa shape index (κ1) is 35.9. The molecule has 2 aromatic carbocycles. The number of hydrogen-bond donors (Lipinski definition) is 0. The average Bonchev–Trinajstić information content (AvgIpc) is 3.74. The lowest BCUT2D eigenvalue weighted by molar-refractivity contribution is -0.605. The third-order valence-electron chi connectivity index (χ3n) is 7.69. The van der Waals surface area contributed by atoms with E-state index < -0.39 is 39.9 Å². The van der Waals surface area contributed by atoms with Gasteiger partial charge in [-0.05, 0) is 55.0 Å². The molecule has 1 aliphatic heterocycles. The summed E-state index contributed by atoms with van der Waals surface area (Å²) in [4.78, 5) is 25.5. The van der Waals surface area contributed by atoms with E-state index in [1.54, 1.807) is 0 Å². The first-order valence-corrected chi connectivity index (χ1v) is 17.9. The lowest BCUT2D eigenvalue weighted by Crippen LogP contribution is -2.41. The zero-order valence-corrected chi connectivity index (χ0v) is 28.5. The Labute approximate surface area is 289 Å². The molecule has 5 rings (SSSR count). The van der Waals surface area contributed by atoms with Gasteiger partial charge in [-0.25, -0.2) is 18.0 Å². The molecule has 1 aromatic heterocycles. The lowest BCUT2D eigenvalue weighted by atomic mass is 9.92. The molecule has 0 radical (unpaired) electrons. The van der Waals surface area contributed by atoms with Crippen molar-refractivity contribution in [2.75, 3.05) is 32.6 Å². The minimum Gasteiger partial charge on any atom is -0.619 e. The summed E-state index contributed by atoms with van der Waals surface area (Å²) in [5.41, 5.74) is 0.662. The molecule has 1 aliphatic carbocycles. The van der Waals surface area contributed by atoms with Gasteiger partial charge in [0.15, 0.2) is 29.3 Å². The van der Waals surface area contributed by atoms with Gasteiger partial charge in [-0.1, -0.05) is 41.4 Å². The van der Waals surface area contributed by atoms with Gasteiger partial charge in [-0.15, -0.1) is 11.8 Å². The predicted octanol–water partition coefficient (Wildman–Crippen LogP) is 5.44. The molecule has 3 aromatic rings. The Morgan fingerprint density at radius 1 is 1.10 bits per heavy atom. The Balaban J connectivity index is 1.42.